The molecule has 8 heteroatoms. The smallest absolute Gasteiger partial charge is 0.227 e. The number of nitrogens with zero attached hydrogens (tertiary/aromatic N) is 5. The maximum absolute atomic E-state index is 5.95. The lowest BCUT2D eigenvalue weighted by atomic mass is 9.91. The zero-order valence-electron chi connectivity index (χ0n) is 33.6. The van der Waals surface area contributed by atoms with Crippen molar-refractivity contribution in [3.63, 3.8) is 0 Å². The number of aromatic nitrogens is 3. The normalized spacial score (nSPS) is 15.1. The highest BCUT2D eigenvalue weighted by molar-refractivity contribution is 7.18. The highest BCUT2D eigenvalue weighted by Gasteiger charge is 2.32. The van der Waals surface area contributed by atoms with Gasteiger partial charge in [0, 0.05) is 35.5 Å². The number of likely N-dealkylation sites (tertiary alicyclic amines) is 1. The minimum Gasteiger partial charge on any atom is -0.424 e. The monoisotopic (exact) mass is 695 g/mol. The summed E-state index contributed by atoms with van der Waals surface area (Å²) in [5, 5.41) is 9.84. The lowest BCUT2D eigenvalue weighted by Gasteiger charge is -2.20. The molecule has 4 heterocycles. The number of thiophene rings is 1. The van der Waals surface area contributed by atoms with Gasteiger partial charge in [0.2, 0.25) is 11.8 Å². The molecule has 0 unspecified atom stereocenters. The Morgan fingerprint density at radius 3 is 2.16 bits per heavy atom. The SMILES string of the molecule is CC.CCCCN(C)CCN(C)CC.CCCc1nnc(C(C)(C)c2cc3c(C)c(C4=CC(C)=CC(C)=CC4)[nH]c3s2)o1.CN1CCCC1. The molecule has 276 valence electrons. The molecule has 49 heavy (non-hydrogen) atoms. The molecule has 7 nitrogen and oxygen atoms in total. The number of hydrogen-bond acceptors (Lipinski definition) is 7. The highest BCUT2D eigenvalue weighted by Crippen LogP contribution is 2.41. The Morgan fingerprint density at radius 2 is 1.59 bits per heavy atom. The van der Waals surface area contributed by atoms with Gasteiger partial charge in [0.25, 0.3) is 0 Å². The Labute approximate surface area is 303 Å². The van der Waals surface area contributed by atoms with Gasteiger partial charge in [-0.3, -0.25) is 0 Å². The van der Waals surface area contributed by atoms with Crippen LogP contribution < -0.4 is 0 Å². The van der Waals surface area contributed by atoms with Crippen molar-refractivity contribution in [3.8, 4) is 0 Å². The number of rotatable bonds is 12. The van der Waals surface area contributed by atoms with Crippen LogP contribution in [-0.4, -0.2) is 90.3 Å². The second kappa shape index (κ2) is 21.6. The van der Waals surface area contributed by atoms with Crippen LogP contribution in [0.5, 0.6) is 0 Å². The van der Waals surface area contributed by atoms with E-state index in [9.17, 15) is 0 Å². The molecule has 0 spiro atoms. The minimum atomic E-state index is -0.309. The van der Waals surface area contributed by atoms with Gasteiger partial charge in [0.1, 0.15) is 4.83 Å². The molecule has 1 aliphatic carbocycles. The van der Waals surface area contributed by atoms with E-state index in [1.54, 1.807) is 11.3 Å². The van der Waals surface area contributed by atoms with Crippen molar-refractivity contribution in [1.82, 2.24) is 29.9 Å². The quantitative estimate of drug-likeness (QED) is 0.204. The first-order chi connectivity index (χ1) is 23.4. The van der Waals surface area contributed by atoms with E-state index >= 15 is 0 Å². The molecule has 5 rings (SSSR count). The van der Waals surface area contributed by atoms with Crippen LogP contribution in [0, 0.1) is 6.92 Å². The van der Waals surface area contributed by atoms with Gasteiger partial charge in [-0.1, -0.05) is 70.4 Å². The van der Waals surface area contributed by atoms with Crippen molar-refractivity contribution in [2.24, 2.45) is 0 Å². The predicted molar refractivity (Wildman–Crippen MR) is 215 cm³/mol. The first kappa shape index (κ1) is 42.6. The van der Waals surface area contributed by atoms with Crippen molar-refractivity contribution in [2.45, 2.75) is 120 Å². The van der Waals surface area contributed by atoms with Crippen molar-refractivity contribution in [1.29, 1.82) is 0 Å². The summed E-state index contributed by atoms with van der Waals surface area (Å²) < 4.78 is 5.95. The lowest BCUT2D eigenvalue weighted by Crippen LogP contribution is -2.31. The summed E-state index contributed by atoms with van der Waals surface area (Å²) in [5.41, 5.74) is 6.21. The predicted octanol–water partition coefficient (Wildman–Crippen LogP) is 10.3. The number of aryl methyl sites for hydroxylation is 2. The summed E-state index contributed by atoms with van der Waals surface area (Å²) in [5.74, 6) is 1.42. The van der Waals surface area contributed by atoms with Gasteiger partial charge in [0.15, 0.2) is 0 Å². The molecule has 1 saturated heterocycles. The van der Waals surface area contributed by atoms with E-state index in [0.717, 1.165) is 31.7 Å². The van der Waals surface area contributed by atoms with Gasteiger partial charge in [-0.05, 0) is 131 Å². The van der Waals surface area contributed by atoms with Gasteiger partial charge in [0.05, 0.1) is 5.41 Å². The van der Waals surface area contributed by atoms with Crippen LogP contribution in [0.2, 0.25) is 0 Å². The molecule has 0 aromatic carbocycles. The minimum absolute atomic E-state index is 0.309. The second-order valence-corrected chi connectivity index (χ2v) is 15.2. The molecular weight excluding hydrogens is 625 g/mol. The number of fused-ring (bicyclic) bond motifs is 1. The van der Waals surface area contributed by atoms with E-state index in [1.165, 1.54) is 101 Å². The van der Waals surface area contributed by atoms with Crippen molar-refractivity contribution < 1.29 is 4.42 Å². The Morgan fingerprint density at radius 1 is 0.918 bits per heavy atom. The number of allylic oxidation sites excluding steroid dienone is 6. The maximum Gasteiger partial charge on any atom is 0.227 e. The van der Waals surface area contributed by atoms with Gasteiger partial charge in [-0.15, -0.1) is 21.5 Å². The molecule has 0 saturated carbocycles. The molecule has 0 radical (unpaired) electrons. The van der Waals surface area contributed by atoms with Gasteiger partial charge < -0.3 is 24.1 Å². The van der Waals surface area contributed by atoms with Crippen molar-refractivity contribution in [3.05, 3.63) is 63.4 Å². The van der Waals surface area contributed by atoms with Gasteiger partial charge in [-0.25, -0.2) is 0 Å². The first-order valence-electron chi connectivity index (χ1n) is 19.0. The fourth-order valence-electron chi connectivity index (χ4n) is 5.81. The third-order valence-electron chi connectivity index (χ3n) is 9.28. The van der Waals surface area contributed by atoms with E-state index in [-0.39, 0.29) is 5.41 Å². The van der Waals surface area contributed by atoms with Crippen LogP contribution in [0.3, 0.4) is 0 Å². The largest absolute Gasteiger partial charge is 0.424 e. The van der Waals surface area contributed by atoms with Crippen LogP contribution >= 0.6 is 11.3 Å². The molecule has 3 aromatic heterocycles. The summed E-state index contributed by atoms with van der Waals surface area (Å²) in [4.78, 5) is 13.3. The van der Waals surface area contributed by atoms with Crippen LogP contribution in [0.4, 0.5) is 0 Å². The van der Waals surface area contributed by atoms with Gasteiger partial charge >= 0.3 is 0 Å². The summed E-state index contributed by atoms with van der Waals surface area (Å²) in [7, 11) is 6.56. The first-order valence-corrected chi connectivity index (χ1v) is 19.8. The van der Waals surface area contributed by atoms with Crippen LogP contribution in [0.15, 0.2) is 39.9 Å². The Kier molecular flexibility index (Phi) is 18.8. The highest BCUT2D eigenvalue weighted by atomic mass is 32.1. The second-order valence-electron chi connectivity index (χ2n) is 14.1. The summed E-state index contributed by atoms with van der Waals surface area (Å²) >= 11 is 1.79. The summed E-state index contributed by atoms with van der Waals surface area (Å²) in [6.07, 6.45) is 15.1. The van der Waals surface area contributed by atoms with Crippen molar-refractivity contribution >= 4 is 27.1 Å². The molecule has 1 N–H and O–H groups in total. The third kappa shape index (κ3) is 13.3. The molecule has 2 aliphatic rings. The number of aromatic amines is 1. The Hall–Kier alpha value is -2.52. The Bertz CT molecular complexity index is 1470. The molecule has 1 fully saturated rings. The van der Waals surface area contributed by atoms with E-state index in [2.05, 4.69) is 131 Å². The number of H-pyrrole nitrogens is 1. The number of unbranched alkanes of at least 4 members (excludes halogenated alkanes) is 1. The third-order valence-corrected chi connectivity index (χ3v) is 10.7. The van der Waals surface area contributed by atoms with E-state index in [0.29, 0.717) is 5.89 Å². The van der Waals surface area contributed by atoms with Crippen molar-refractivity contribution in [2.75, 3.05) is 60.4 Å². The van der Waals surface area contributed by atoms with Crippen LogP contribution in [0.25, 0.3) is 15.8 Å². The van der Waals surface area contributed by atoms with Crippen LogP contribution in [0.1, 0.15) is 129 Å². The molecule has 1 aliphatic heterocycles. The summed E-state index contributed by atoms with van der Waals surface area (Å²) in [6, 6.07) is 2.29. The molecule has 0 atom stereocenters. The molecule has 3 aromatic rings. The maximum atomic E-state index is 5.95. The standard InChI is InChI=1S/C24H29N3OS.C10H24N2.C5H11N.C2H6/c1-7-8-20-26-27-23(28-20)24(5,6)19-13-18-16(4)21(25-22(18)29-19)17-10-9-14(2)11-15(3)12-17;1-5-7-8-12(4)10-9-11(3)6-2;1-6-4-2-3-5-6;1-2/h9,11-13,25H,7-8,10H2,1-6H3;5-10H2,1-4H3;2-5H2,1H3;1-2H3. The fraction of sp³-hybridized carbons (Fsp3) is 0.659. The molecule has 0 amide bonds. The zero-order valence-corrected chi connectivity index (χ0v) is 34.4. The zero-order chi connectivity index (χ0) is 36.6. The number of hydrogen-bond donors (Lipinski definition) is 1. The fourth-order valence-corrected chi connectivity index (χ4v) is 7.03. The average Bonchev–Trinajstić information content (AvgIpc) is 3.88. The molecular formula is C41H70N6OS. The van der Waals surface area contributed by atoms with Crippen LogP contribution in [-0.2, 0) is 11.8 Å². The number of nitrogens with one attached hydrogen (secondary N) is 1. The lowest BCUT2D eigenvalue weighted by molar-refractivity contribution is 0.261. The Balaban J connectivity index is 0.000000343. The number of likely N-dealkylation sites (N-methyl/N-ethyl adjacent to an activating group) is 2. The summed E-state index contributed by atoms with van der Waals surface area (Å²) in [6.45, 7) is 28.9. The van der Waals surface area contributed by atoms with Gasteiger partial charge in [-0.2, -0.15) is 0 Å². The topological polar surface area (TPSA) is 64.4 Å². The molecule has 0 bridgehead atoms. The van der Waals surface area contributed by atoms with E-state index in [1.807, 2.05) is 13.8 Å². The average molecular weight is 695 g/mol. The van der Waals surface area contributed by atoms with E-state index < -0.39 is 0 Å². The van der Waals surface area contributed by atoms with E-state index in [4.69, 9.17) is 4.42 Å².